The Labute approximate surface area is 379 Å². The number of carbonyl (C=O) groups excluding carboxylic acids is 1. The van der Waals surface area contributed by atoms with Gasteiger partial charge in [0.05, 0.1) is 46.5 Å². The van der Waals surface area contributed by atoms with E-state index in [1.165, 1.54) is 0 Å². The van der Waals surface area contributed by atoms with Crippen LogP contribution in [0.1, 0.15) is 102 Å². The van der Waals surface area contributed by atoms with Crippen molar-refractivity contribution in [2.75, 3.05) is 6.61 Å². The lowest BCUT2D eigenvalue weighted by atomic mass is 9.86. The van der Waals surface area contributed by atoms with Crippen molar-refractivity contribution in [3.05, 3.63) is 167 Å². The molecule has 0 saturated carbocycles. The molecule has 2 atom stereocenters. The Morgan fingerprint density at radius 1 is 0.908 bits per heavy atom. The second kappa shape index (κ2) is 16.8. The Hall–Kier alpha value is -6.47. The van der Waals surface area contributed by atoms with Crippen molar-refractivity contribution in [3.63, 3.8) is 0 Å². The van der Waals surface area contributed by atoms with Crippen molar-refractivity contribution in [3.8, 4) is 0 Å². The third-order valence-electron chi connectivity index (χ3n) is 13.8. The average Bonchev–Trinajstić information content (AvgIpc) is 4.12. The van der Waals surface area contributed by atoms with Crippen molar-refractivity contribution in [1.82, 2.24) is 9.79 Å². The fraction of sp³-hybridized carbons (Fsp3) is 0.327. The van der Waals surface area contributed by atoms with Gasteiger partial charge in [-0.3, -0.25) is 18.4 Å². The maximum atomic E-state index is 14.5. The quantitative estimate of drug-likeness (QED) is 0.161. The number of esters is 1. The van der Waals surface area contributed by atoms with Crippen molar-refractivity contribution in [2.45, 2.75) is 94.6 Å². The molecule has 1 saturated heterocycles. The van der Waals surface area contributed by atoms with Crippen LogP contribution >= 0.6 is 0 Å². The normalized spacial score (nSPS) is 22.0. The molecule has 65 heavy (non-hydrogen) atoms. The summed E-state index contributed by atoms with van der Waals surface area (Å²) in [6, 6.07) is 9.23. The van der Waals surface area contributed by atoms with Crippen LogP contribution in [-0.4, -0.2) is 57.5 Å². The molecule has 2 aromatic rings. The van der Waals surface area contributed by atoms with E-state index < -0.39 is 7.40 Å². The standard InChI is InChI=1S/C52H53BF2N6O4/c1-10-35-29(6)40-21-44-38(23-62)31(8)39(58-44)20-41-30(7)36(50(59-41)37-19-45(63)47-32(9)42(60-51(37)47)22-43(35)57-40)15-16-46(64)65-24-33-11-13-34(14-12-33)48(49-25(2)17-27(4)56-49)52-26(3)18-28(5)61(52)53(54)55/h11-14,17-18,20-22,30,36,59,62-63H,10,15-16,19,23-24H2,1-9H3/b41-20?,43-22?,44-21?,49-48-,50-37?/t30-,36-/m0/s1. The smallest absolute Gasteiger partial charge is 0.511 e. The highest BCUT2D eigenvalue weighted by molar-refractivity contribution is 6.41. The summed E-state index contributed by atoms with van der Waals surface area (Å²) in [6.07, 6.45) is 9.64. The van der Waals surface area contributed by atoms with Gasteiger partial charge in [-0.1, -0.05) is 38.1 Å². The molecule has 13 heteroatoms. The van der Waals surface area contributed by atoms with E-state index in [2.05, 4.69) is 26.1 Å². The zero-order chi connectivity index (χ0) is 46.2. The molecule has 8 bridgehead atoms. The number of ether oxygens (including phenoxy) is 1. The van der Waals surface area contributed by atoms with Crippen LogP contribution in [0, 0.1) is 25.7 Å². The molecule has 0 radical (unpaired) electrons. The number of nitrogens with one attached hydrogen (secondary N) is 1. The Kier molecular flexibility index (Phi) is 11.3. The molecule has 3 N–H and O–H groups in total. The summed E-state index contributed by atoms with van der Waals surface area (Å²) in [6.45, 7) is 17.5. The predicted octanol–water partition coefficient (Wildman–Crippen LogP) is 10.5. The summed E-state index contributed by atoms with van der Waals surface area (Å²) in [5.74, 6) is -0.295. The number of aryl methyl sites for hydroxylation is 2. The molecule has 1 aromatic heterocycles. The van der Waals surface area contributed by atoms with Gasteiger partial charge in [-0.25, -0.2) is 15.0 Å². The van der Waals surface area contributed by atoms with Crippen LogP contribution in [0.15, 0.2) is 159 Å². The average molecular weight is 875 g/mol. The largest absolute Gasteiger partial charge is 0.677 e. The van der Waals surface area contributed by atoms with Crippen molar-refractivity contribution in [2.24, 2.45) is 31.8 Å². The van der Waals surface area contributed by atoms with Crippen LogP contribution in [0.3, 0.4) is 0 Å². The number of allylic oxidation sites excluding steroid dienone is 13. The summed E-state index contributed by atoms with van der Waals surface area (Å²) in [5.41, 5.74) is 18.7. The van der Waals surface area contributed by atoms with E-state index in [1.807, 2.05) is 83.2 Å². The summed E-state index contributed by atoms with van der Waals surface area (Å²) in [5, 5.41) is 25.7. The lowest BCUT2D eigenvalue weighted by Crippen LogP contribution is -2.18. The summed E-state index contributed by atoms with van der Waals surface area (Å²) in [4.78, 5) is 33.6. The van der Waals surface area contributed by atoms with E-state index in [0.29, 0.717) is 41.2 Å². The fourth-order valence-electron chi connectivity index (χ4n) is 10.3. The lowest BCUT2D eigenvalue weighted by molar-refractivity contribution is -0.145. The zero-order valence-electron chi connectivity index (χ0n) is 38.4. The second-order valence-electron chi connectivity index (χ2n) is 17.9. The van der Waals surface area contributed by atoms with E-state index >= 15 is 0 Å². The molecule has 0 unspecified atom stereocenters. The Balaban J connectivity index is 0.993. The molecule has 10 nitrogen and oxygen atoms in total. The predicted molar refractivity (Wildman–Crippen MR) is 255 cm³/mol. The molecule has 9 rings (SSSR count). The minimum Gasteiger partial charge on any atom is -0.511 e. The van der Waals surface area contributed by atoms with Gasteiger partial charge in [-0.2, -0.15) is 0 Å². The number of aliphatic imine (C=N–C) groups is 4. The van der Waals surface area contributed by atoms with Crippen molar-refractivity contribution in [1.29, 1.82) is 0 Å². The Morgan fingerprint density at radius 3 is 2.26 bits per heavy atom. The van der Waals surface area contributed by atoms with E-state index in [4.69, 9.17) is 24.7 Å². The number of aromatic nitrogens is 1. The van der Waals surface area contributed by atoms with Gasteiger partial charge >= 0.3 is 13.4 Å². The summed E-state index contributed by atoms with van der Waals surface area (Å²) >= 11 is 0. The number of fused-ring (bicyclic) bond motifs is 5. The highest BCUT2D eigenvalue weighted by Crippen LogP contribution is 2.47. The van der Waals surface area contributed by atoms with Crippen LogP contribution in [0.4, 0.5) is 8.63 Å². The topological polar surface area (TPSA) is 133 Å². The maximum Gasteiger partial charge on any atom is 0.677 e. The first kappa shape index (κ1) is 43.8. The first-order valence-electron chi connectivity index (χ1n) is 22.4. The van der Waals surface area contributed by atoms with Crippen LogP contribution in [0.25, 0.3) is 5.57 Å². The van der Waals surface area contributed by atoms with E-state index in [9.17, 15) is 23.6 Å². The molecular formula is C52H53BF2N6O4. The Morgan fingerprint density at radius 2 is 1.60 bits per heavy atom. The number of nitrogens with zero attached hydrogens (tertiary/aromatic N) is 5. The maximum absolute atomic E-state index is 14.5. The second-order valence-corrected chi connectivity index (χ2v) is 17.9. The molecule has 7 aliphatic rings. The first-order chi connectivity index (χ1) is 31.1. The molecule has 1 fully saturated rings. The molecule has 1 aliphatic carbocycles. The molecule has 0 amide bonds. The molecular weight excluding hydrogens is 821 g/mol. The highest BCUT2D eigenvalue weighted by atomic mass is 19.2. The monoisotopic (exact) mass is 874 g/mol. The van der Waals surface area contributed by atoms with Gasteiger partial charge in [0.25, 0.3) is 0 Å². The van der Waals surface area contributed by atoms with Crippen LogP contribution in [0.5, 0.6) is 0 Å². The Bertz CT molecular complexity index is 2970. The van der Waals surface area contributed by atoms with E-state index in [1.54, 1.807) is 13.0 Å². The number of benzene rings is 1. The van der Waals surface area contributed by atoms with Gasteiger partial charge in [-0.05, 0) is 136 Å². The van der Waals surface area contributed by atoms with Crippen LogP contribution < -0.4 is 5.32 Å². The minimum absolute atomic E-state index is 0.0415. The number of carbonyl (C=O) groups is 1. The third-order valence-corrected chi connectivity index (χ3v) is 13.8. The number of halogens is 2. The van der Waals surface area contributed by atoms with Crippen LogP contribution in [-0.2, 0) is 16.1 Å². The number of aliphatic hydroxyl groups excluding tert-OH is 2. The van der Waals surface area contributed by atoms with Gasteiger partial charge in [0, 0.05) is 75.5 Å². The SMILES string of the molecule is CCC1=C(C)C2=NC1=CC1=C(C)C3=C(O)CC(=C4NC(=CC5=NC(=C2)C(CO)=C5C)[C@@H](C)[C@@H]4CCC(=O)OCc2ccc(/C(=C4/N=C(C)C=C4C)c4c(C)cc(C)n4B(F)F)cc2)C3=N1. The van der Waals surface area contributed by atoms with Gasteiger partial charge in [0.1, 0.15) is 12.4 Å². The number of aliphatic hydroxyl groups is 2. The highest BCUT2D eigenvalue weighted by Gasteiger charge is 2.41. The van der Waals surface area contributed by atoms with Crippen molar-refractivity contribution >= 4 is 41.8 Å². The molecule has 1 aromatic carbocycles. The third kappa shape index (κ3) is 7.53. The van der Waals surface area contributed by atoms with E-state index in [-0.39, 0.29) is 43.2 Å². The van der Waals surface area contributed by atoms with Crippen molar-refractivity contribution < 1.29 is 28.4 Å². The summed E-state index contributed by atoms with van der Waals surface area (Å²) < 4.78 is 35.9. The molecule has 332 valence electrons. The molecule has 6 aliphatic heterocycles. The van der Waals surface area contributed by atoms with Gasteiger partial charge in [-0.15, -0.1) is 0 Å². The lowest BCUT2D eigenvalue weighted by Gasteiger charge is -2.18. The van der Waals surface area contributed by atoms with Gasteiger partial charge < -0.3 is 24.7 Å². The molecule has 0 spiro atoms. The minimum atomic E-state index is -2.73. The summed E-state index contributed by atoms with van der Waals surface area (Å²) in [7, 11) is -2.73. The number of rotatable bonds is 10. The number of hydrogen-bond acceptors (Lipinski definition) is 9. The fourth-order valence-corrected chi connectivity index (χ4v) is 10.3. The first-order valence-corrected chi connectivity index (χ1v) is 22.4. The van der Waals surface area contributed by atoms with Gasteiger partial charge in [0.2, 0.25) is 0 Å². The zero-order valence-corrected chi connectivity index (χ0v) is 38.4. The molecule has 7 heterocycles. The van der Waals surface area contributed by atoms with E-state index in [0.717, 1.165) is 118 Å². The van der Waals surface area contributed by atoms with Crippen LogP contribution in [0.2, 0.25) is 0 Å². The number of hydrogen-bond donors (Lipinski definition) is 3. The van der Waals surface area contributed by atoms with Gasteiger partial charge in [0.15, 0.2) is 0 Å².